The number of aromatic nitrogens is 1. The van der Waals surface area contributed by atoms with E-state index in [2.05, 4.69) is 40.2 Å². The van der Waals surface area contributed by atoms with Crippen molar-refractivity contribution in [1.82, 2.24) is 19.5 Å². The van der Waals surface area contributed by atoms with E-state index in [0.717, 1.165) is 56.2 Å². The Morgan fingerprint density at radius 1 is 1.11 bits per heavy atom. The van der Waals surface area contributed by atoms with Gasteiger partial charge in [-0.1, -0.05) is 36.8 Å². The number of hydrogen-bond donors (Lipinski definition) is 1. The molecule has 0 radical (unpaired) electrons. The summed E-state index contributed by atoms with van der Waals surface area (Å²) >= 11 is 1.74. The maximum atomic E-state index is 12.7. The number of anilines is 1. The summed E-state index contributed by atoms with van der Waals surface area (Å²) in [5.74, 6) is -0.193. The number of hydrogen-bond acceptors (Lipinski definition) is 7. The van der Waals surface area contributed by atoms with Crippen molar-refractivity contribution < 1.29 is 13.2 Å². The molecule has 0 saturated carbocycles. The molecular formula is C26H35N5O3S2. The van der Waals surface area contributed by atoms with Gasteiger partial charge in [0, 0.05) is 58.4 Å². The summed E-state index contributed by atoms with van der Waals surface area (Å²) in [4.78, 5) is 22.3. The van der Waals surface area contributed by atoms with Gasteiger partial charge in [0.1, 0.15) is 0 Å². The van der Waals surface area contributed by atoms with Crippen LogP contribution in [0.4, 0.5) is 5.13 Å². The van der Waals surface area contributed by atoms with Crippen LogP contribution in [0.5, 0.6) is 0 Å². The van der Waals surface area contributed by atoms with E-state index in [-0.39, 0.29) is 10.8 Å². The lowest BCUT2D eigenvalue weighted by Crippen LogP contribution is -2.48. The van der Waals surface area contributed by atoms with E-state index < -0.39 is 10.0 Å². The van der Waals surface area contributed by atoms with Crippen LogP contribution < -0.4 is 10.2 Å². The molecule has 1 aliphatic heterocycles. The van der Waals surface area contributed by atoms with Gasteiger partial charge < -0.3 is 10.2 Å². The minimum absolute atomic E-state index is 0.193. The van der Waals surface area contributed by atoms with Crippen molar-refractivity contribution in [3.05, 3.63) is 53.6 Å². The van der Waals surface area contributed by atoms with Crippen molar-refractivity contribution in [1.29, 1.82) is 0 Å². The first-order valence-electron chi connectivity index (χ1n) is 12.5. The van der Waals surface area contributed by atoms with Crippen molar-refractivity contribution in [2.45, 2.75) is 31.6 Å². The minimum atomic E-state index is -3.53. The summed E-state index contributed by atoms with van der Waals surface area (Å²) in [6.07, 6.45) is 1.74. The number of aryl methyl sites for hydroxylation is 1. The second kappa shape index (κ2) is 11.7. The second-order valence-electron chi connectivity index (χ2n) is 9.21. The summed E-state index contributed by atoms with van der Waals surface area (Å²) in [5, 5.41) is 4.04. The number of sulfonamides is 1. The number of unbranched alkanes of at least 4 members (excludes halogenated alkanes) is 1. The molecule has 1 aliphatic rings. The number of thiazole rings is 1. The molecule has 1 aromatic heterocycles. The third-order valence-electron chi connectivity index (χ3n) is 6.62. The zero-order chi connectivity index (χ0) is 25.7. The van der Waals surface area contributed by atoms with E-state index in [4.69, 9.17) is 4.98 Å². The predicted octanol–water partition coefficient (Wildman–Crippen LogP) is 3.58. The molecule has 2 heterocycles. The van der Waals surface area contributed by atoms with E-state index in [1.807, 2.05) is 6.92 Å². The van der Waals surface area contributed by atoms with Gasteiger partial charge in [0.25, 0.3) is 5.91 Å². The van der Waals surface area contributed by atoms with E-state index in [0.29, 0.717) is 18.7 Å². The van der Waals surface area contributed by atoms with Crippen LogP contribution in [0.3, 0.4) is 0 Å². The average Bonchev–Trinajstić information content (AvgIpc) is 3.33. The Balaban J connectivity index is 1.23. The number of benzene rings is 2. The normalized spacial score (nSPS) is 15.1. The standard InChI is InChI=1S/C26H35N5O3S2/c1-4-5-14-29(3)36(33,34)22-11-9-21(10-12-22)25(32)27-13-15-30-16-18-31(19-17-30)26-28-24-20(2)7-6-8-23(24)35-26/h6-12H,4-5,13-19H2,1-3H3,(H,27,32). The first kappa shape index (κ1) is 26.5. The smallest absolute Gasteiger partial charge is 0.251 e. The largest absolute Gasteiger partial charge is 0.351 e. The quantitative estimate of drug-likeness (QED) is 0.432. The molecule has 2 aromatic carbocycles. The van der Waals surface area contributed by atoms with Gasteiger partial charge in [0.2, 0.25) is 10.0 Å². The predicted molar refractivity (Wildman–Crippen MR) is 147 cm³/mol. The number of rotatable bonds is 10. The third kappa shape index (κ3) is 6.05. The van der Waals surface area contributed by atoms with Gasteiger partial charge in [-0.15, -0.1) is 0 Å². The molecule has 1 amide bonds. The molecule has 4 rings (SSSR count). The highest BCUT2D eigenvalue weighted by Crippen LogP contribution is 2.31. The number of amides is 1. The zero-order valence-electron chi connectivity index (χ0n) is 21.2. The molecule has 3 aromatic rings. The topological polar surface area (TPSA) is 85.8 Å². The van der Waals surface area contributed by atoms with Crippen molar-refractivity contribution >= 4 is 42.6 Å². The van der Waals surface area contributed by atoms with Gasteiger partial charge >= 0.3 is 0 Å². The molecule has 0 bridgehead atoms. The van der Waals surface area contributed by atoms with Gasteiger partial charge in [-0.2, -0.15) is 0 Å². The van der Waals surface area contributed by atoms with Crippen LogP contribution in [-0.2, 0) is 10.0 Å². The van der Waals surface area contributed by atoms with Crippen LogP contribution in [0.25, 0.3) is 10.2 Å². The number of para-hydroxylation sites is 1. The van der Waals surface area contributed by atoms with Crippen LogP contribution in [0.15, 0.2) is 47.4 Å². The number of fused-ring (bicyclic) bond motifs is 1. The van der Waals surface area contributed by atoms with Gasteiger partial charge in [0.05, 0.1) is 15.1 Å². The fraction of sp³-hybridized carbons (Fsp3) is 0.462. The SMILES string of the molecule is CCCCN(C)S(=O)(=O)c1ccc(C(=O)NCCN2CCN(c3nc4c(C)cccc4s3)CC2)cc1. The van der Waals surface area contributed by atoms with Crippen LogP contribution >= 0.6 is 11.3 Å². The molecule has 8 nitrogen and oxygen atoms in total. The van der Waals surface area contributed by atoms with Gasteiger partial charge in [-0.25, -0.2) is 17.7 Å². The summed E-state index contributed by atoms with van der Waals surface area (Å²) in [5.41, 5.74) is 2.76. The molecule has 0 spiro atoms. The Labute approximate surface area is 218 Å². The fourth-order valence-corrected chi connectivity index (χ4v) is 6.57. The Morgan fingerprint density at radius 2 is 1.83 bits per heavy atom. The highest BCUT2D eigenvalue weighted by atomic mass is 32.2. The molecule has 10 heteroatoms. The zero-order valence-corrected chi connectivity index (χ0v) is 22.9. The Hall–Kier alpha value is -2.53. The summed E-state index contributed by atoms with van der Waals surface area (Å²) in [6.45, 7) is 9.58. The van der Waals surface area contributed by atoms with E-state index >= 15 is 0 Å². The van der Waals surface area contributed by atoms with E-state index in [1.165, 1.54) is 26.7 Å². The summed E-state index contributed by atoms with van der Waals surface area (Å²) < 4.78 is 27.9. The lowest BCUT2D eigenvalue weighted by molar-refractivity contribution is 0.0947. The van der Waals surface area contributed by atoms with Crippen molar-refractivity contribution in [3.63, 3.8) is 0 Å². The number of carbonyl (C=O) groups is 1. The lowest BCUT2D eigenvalue weighted by atomic mass is 10.2. The van der Waals surface area contributed by atoms with Crippen molar-refractivity contribution in [2.24, 2.45) is 0 Å². The molecule has 1 saturated heterocycles. The molecule has 194 valence electrons. The molecule has 1 N–H and O–H groups in total. The van der Waals surface area contributed by atoms with Crippen LogP contribution in [0.1, 0.15) is 35.7 Å². The van der Waals surface area contributed by atoms with Gasteiger partial charge in [-0.05, 0) is 49.2 Å². The minimum Gasteiger partial charge on any atom is -0.351 e. The number of piperazine rings is 1. The molecule has 0 aliphatic carbocycles. The van der Waals surface area contributed by atoms with Crippen LogP contribution in [0, 0.1) is 6.92 Å². The van der Waals surface area contributed by atoms with Crippen molar-refractivity contribution in [2.75, 3.05) is 57.8 Å². The maximum absolute atomic E-state index is 12.7. The van der Waals surface area contributed by atoms with Gasteiger partial charge in [-0.3, -0.25) is 9.69 Å². The molecule has 1 fully saturated rings. The number of nitrogens with one attached hydrogen (secondary N) is 1. The maximum Gasteiger partial charge on any atom is 0.251 e. The van der Waals surface area contributed by atoms with Crippen LogP contribution in [0.2, 0.25) is 0 Å². The number of carbonyl (C=O) groups excluding carboxylic acids is 1. The fourth-order valence-electron chi connectivity index (χ4n) is 4.26. The summed E-state index contributed by atoms with van der Waals surface area (Å²) in [6, 6.07) is 12.5. The number of nitrogens with zero attached hydrogens (tertiary/aromatic N) is 4. The first-order valence-corrected chi connectivity index (χ1v) is 14.7. The lowest BCUT2D eigenvalue weighted by Gasteiger charge is -2.34. The molecular weight excluding hydrogens is 494 g/mol. The molecule has 0 atom stereocenters. The Morgan fingerprint density at radius 3 is 2.50 bits per heavy atom. The first-order chi connectivity index (χ1) is 17.3. The van der Waals surface area contributed by atoms with Crippen LogP contribution in [-0.4, -0.2) is 81.4 Å². The second-order valence-corrected chi connectivity index (χ2v) is 12.3. The van der Waals surface area contributed by atoms with E-state index in [9.17, 15) is 13.2 Å². The van der Waals surface area contributed by atoms with Crippen molar-refractivity contribution in [3.8, 4) is 0 Å². The molecule has 36 heavy (non-hydrogen) atoms. The average molecular weight is 530 g/mol. The Kier molecular flexibility index (Phi) is 8.61. The highest BCUT2D eigenvalue weighted by Gasteiger charge is 2.22. The van der Waals surface area contributed by atoms with E-state index in [1.54, 1.807) is 30.5 Å². The Bertz CT molecular complexity index is 1280. The monoisotopic (exact) mass is 529 g/mol. The molecule has 0 unspecified atom stereocenters. The third-order valence-corrected chi connectivity index (χ3v) is 9.57. The highest BCUT2D eigenvalue weighted by molar-refractivity contribution is 7.89. The summed E-state index contributed by atoms with van der Waals surface area (Å²) in [7, 11) is -1.94. The van der Waals surface area contributed by atoms with Gasteiger partial charge in [0.15, 0.2) is 5.13 Å².